The molecule has 8 aliphatic rings. The fourth-order valence-corrected chi connectivity index (χ4v) is 16.2. The van der Waals surface area contributed by atoms with Crippen LogP contribution in [0.3, 0.4) is 0 Å². The predicted octanol–water partition coefficient (Wildman–Crippen LogP) is 5.62. The van der Waals surface area contributed by atoms with Gasteiger partial charge in [-0.2, -0.15) is 0 Å². The molecule has 1 saturated carbocycles. The van der Waals surface area contributed by atoms with E-state index in [9.17, 15) is 30.0 Å². The number of benzene rings is 1. The molecule has 13 atom stereocenters. The topological polar surface area (TPSA) is 196 Å². The van der Waals surface area contributed by atoms with Crippen molar-refractivity contribution in [2.45, 2.75) is 163 Å². The second-order valence-corrected chi connectivity index (χ2v) is 22.8. The normalized spacial score (nSPS) is 37.4. The number of fused-ring (bicyclic) bond motifs is 9. The number of phenols is 1. The summed E-state index contributed by atoms with van der Waals surface area (Å²) in [5, 5.41) is 55.0. The zero-order valence-corrected chi connectivity index (χ0v) is 39.0. The van der Waals surface area contributed by atoms with E-state index >= 15 is 4.79 Å². The Morgan fingerprint density at radius 2 is 1.86 bits per heavy atom. The van der Waals surface area contributed by atoms with Gasteiger partial charge in [0.15, 0.2) is 11.5 Å². The van der Waals surface area contributed by atoms with Crippen molar-refractivity contribution in [1.29, 1.82) is 0 Å². The lowest BCUT2D eigenvalue weighted by Gasteiger charge is -2.54. The number of aliphatic hydroxyl groups excluding tert-OH is 2. The van der Waals surface area contributed by atoms with E-state index in [0.717, 1.165) is 43.2 Å². The number of hydrogen-bond acceptors (Lipinski definition) is 14. The smallest absolute Gasteiger partial charge is 0.332 e. The summed E-state index contributed by atoms with van der Waals surface area (Å²) in [5.41, 5.74) is -0.759. The van der Waals surface area contributed by atoms with Gasteiger partial charge in [0, 0.05) is 61.0 Å². The molecular formula is C48H71N3O10S2. The average molecular weight is 914 g/mol. The summed E-state index contributed by atoms with van der Waals surface area (Å²) in [5.74, 6) is -0.486. The molecule has 0 spiro atoms. The van der Waals surface area contributed by atoms with Crippen LogP contribution < -0.4 is 20.7 Å². The summed E-state index contributed by atoms with van der Waals surface area (Å²) in [7, 11) is 5.13. The largest absolute Gasteiger partial charge is 0.504 e. The van der Waals surface area contributed by atoms with Crippen LogP contribution in [0.4, 0.5) is 0 Å². The minimum atomic E-state index is -1.14. The van der Waals surface area contributed by atoms with Crippen LogP contribution in [-0.2, 0) is 23.9 Å². The Morgan fingerprint density at radius 1 is 1.05 bits per heavy atom. The number of rotatable bonds is 11. The Morgan fingerprint density at radius 3 is 2.62 bits per heavy atom. The number of esters is 2. The Labute approximate surface area is 380 Å². The van der Waals surface area contributed by atoms with Crippen LogP contribution in [0.1, 0.15) is 133 Å². The first-order chi connectivity index (χ1) is 30.3. The van der Waals surface area contributed by atoms with Crippen LogP contribution in [0, 0.1) is 29.1 Å². The first kappa shape index (κ1) is 47.0. The number of nitrogens with one attached hydrogen (secondary N) is 3. The molecule has 7 N–H and O–H groups in total. The number of hydrogen-bond donors (Lipinski definition) is 7. The third kappa shape index (κ3) is 9.54. The van der Waals surface area contributed by atoms with Gasteiger partial charge in [-0.15, -0.1) is 0 Å². The van der Waals surface area contributed by atoms with E-state index in [4.69, 9.17) is 14.2 Å². The average Bonchev–Trinajstić information content (AvgIpc) is 3.26. The predicted molar refractivity (Wildman–Crippen MR) is 243 cm³/mol. The summed E-state index contributed by atoms with van der Waals surface area (Å²) in [6.07, 6.45) is 11.3. The first-order valence-electron chi connectivity index (χ1n) is 23.8. The van der Waals surface area contributed by atoms with Crippen LogP contribution in [0.5, 0.6) is 11.5 Å². The lowest BCUT2D eigenvalue weighted by molar-refractivity contribution is -0.182. The Balaban J connectivity index is 1.24. The van der Waals surface area contributed by atoms with E-state index in [1.165, 1.54) is 6.92 Å². The molecule has 4 fully saturated rings. The summed E-state index contributed by atoms with van der Waals surface area (Å²) >= 11 is 0. The minimum absolute atomic E-state index is 0.000996. The van der Waals surface area contributed by atoms with Crippen molar-refractivity contribution in [3.63, 3.8) is 0 Å². The number of carbonyl (C=O) groups excluding carboxylic acids is 3. The zero-order chi connectivity index (χ0) is 44.5. The van der Waals surface area contributed by atoms with Crippen LogP contribution in [0.15, 0.2) is 24.3 Å². The van der Waals surface area contributed by atoms with Gasteiger partial charge in [-0.1, -0.05) is 52.6 Å². The van der Waals surface area contributed by atoms with Gasteiger partial charge in [0.05, 0.1) is 23.6 Å². The zero-order valence-electron chi connectivity index (χ0n) is 37.4. The number of aromatic hydroxyl groups is 1. The molecule has 1 aromatic carbocycles. The van der Waals surface area contributed by atoms with Crippen molar-refractivity contribution in [2.24, 2.45) is 29.1 Å². The van der Waals surface area contributed by atoms with Gasteiger partial charge in [-0.25, -0.2) is 4.79 Å². The summed E-state index contributed by atoms with van der Waals surface area (Å²) in [6, 6.07) is 3.52. The molecule has 2 bridgehead atoms. The standard InChI is InChI=1S/C48H71N3O10S2/c1-28(53)60-37(29-15-18-46(2,58)27-62-63-38-13-7-30(24-29)43(56)42(38)49-3)25-39(61-45(57)48-17-5-4-6-32(48)8-14-40(55)51-48)47(19-21-50-22-20-47)35-11-9-33-31(16-23-52)26-59-44-36(54)12-10-34(35)41(33)44/h7,10,12-13,29-33,35,37-39,42-43,49-50,52,54,56,58H,4-6,8-9,11,14-27H2,1-3H3,(H,51,55)/t29-,30+,31+,32-,33-,35-,37+,38-,39-,42+,43-,46+,48-/m1/s1. The van der Waals surface area contributed by atoms with E-state index in [2.05, 4.69) is 28.1 Å². The van der Waals surface area contributed by atoms with Crippen LogP contribution in [0.25, 0.3) is 0 Å². The minimum Gasteiger partial charge on any atom is -0.504 e. The Hall–Kier alpha value is -2.53. The molecule has 0 aromatic heterocycles. The van der Waals surface area contributed by atoms with Gasteiger partial charge in [0.2, 0.25) is 5.91 Å². The molecule has 15 heteroatoms. The summed E-state index contributed by atoms with van der Waals surface area (Å²) < 4.78 is 19.9. The number of piperidine rings is 2. The Bertz CT molecular complexity index is 1840. The maximum Gasteiger partial charge on any atom is 0.332 e. The van der Waals surface area contributed by atoms with Gasteiger partial charge in [0.25, 0.3) is 0 Å². The van der Waals surface area contributed by atoms with E-state index in [0.29, 0.717) is 89.0 Å². The molecular weight excluding hydrogens is 843 g/mol. The molecule has 13 nitrogen and oxygen atoms in total. The third-order valence-corrected chi connectivity index (χ3v) is 19.4. The molecule has 5 aliphatic heterocycles. The number of likely N-dealkylation sites (N-methyl/N-ethyl adjacent to an activating group) is 1. The van der Waals surface area contributed by atoms with Gasteiger partial charge in [-0.3, -0.25) is 9.59 Å². The second kappa shape index (κ2) is 19.7. The van der Waals surface area contributed by atoms with Crippen LogP contribution in [0.2, 0.25) is 0 Å². The van der Waals surface area contributed by atoms with Crippen molar-refractivity contribution in [3.05, 3.63) is 35.4 Å². The van der Waals surface area contributed by atoms with Gasteiger partial charge >= 0.3 is 11.9 Å². The summed E-state index contributed by atoms with van der Waals surface area (Å²) in [4.78, 5) is 42.0. The maximum atomic E-state index is 15.4. The number of amides is 1. The molecule has 0 radical (unpaired) electrons. The van der Waals surface area contributed by atoms with Crippen molar-refractivity contribution in [3.8, 4) is 11.5 Å². The molecule has 3 aliphatic carbocycles. The van der Waals surface area contributed by atoms with Crippen molar-refractivity contribution >= 4 is 39.4 Å². The molecule has 1 amide bonds. The van der Waals surface area contributed by atoms with Crippen LogP contribution in [-0.4, -0.2) is 118 Å². The lowest BCUT2D eigenvalue weighted by Crippen LogP contribution is -2.65. The highest BCUT2D eigenvalue weighted by Crippen LogP contribution is 2.60. The third-order valence-electron chi connectivity index (χ3n) is 16.4. The highest BCUT2D eigenvalue weighted by Gasteiger charge is 2.57. The molecule has 0 unspecified atom stereocenters. The maximum absolute atomic E-state index is 15.4. The number of phenolic OH excluding ortho intramolecular Hbond substituents is 1. The lowest BCUT2D eigenvalue weighted by atomic mass is 9.56. The van der Waals surface area contributed by atoms with Crippen LogP contribution >= 0.6 is 21.6 Å². The van der Waals surface area contributed by atoms with E-state index in [-0.39, 0.29) is 71.5 Å². The summed E-state index contributed by atoms with van der Waals surface area (Å²) in [6.45, 7) is 5.09. The molecule has 5 heterocycles. The molecule has 9 rings (SSSR count). The first-order valence-corrected chi connectivity index (χ1v) is 26.2. The van der Waals surface area contributed by atoms with Crippen molar-refractivity contribution in [2.75, 3.05) is 39.1 Å². The fourth-order valence-electron chi connectivity index (χ4n) is 13.0. The van der Waals surface area contributed by atoms with Gasteiger partial charge in [0.1, 0.15) is 17.7 Å². The van der Waals surface area contributed by atoms with E-state index < -0.39 is 46.8 Å². The molecule has 63 heavy (non-hydrogen) atoms. The molecule has 350 valence electrons. The highest BCUT2D eigenvalue weighted by atomic mass is 33.1. The van der Waals surface area contributed by atoms with Gasteiger partial charge < -0.3 is 50.6 Å². The Kier molecular flexibility index (Phi) is 14.7. The second-order valence-electron chi connectivity index (χ2n) is 20.2. The van der Waals surface area contributed by atoms with E-state index in [1.54, 1.807) is 27.7 Å². The monoisotopic (exact) mass is 913 g/mol. The van der Waals surface area contributed by atoms with E-state index in [1.807, 2.05) is 20.0 Å². The van der Waals surface area contributed by atoms with Crippen molar-refractivity contribution < 1.29 is 49.0 Å². The SMILES string of the molecule is CN[C@@H]1[C@H](O)[C@H]2C=C[C@H]1SSC[C@@](C)(O)CC[C@@H]([C@H](C[C@@H](OC(=O)[C@@]13CCCC[C@@H]1CCC(=O)N3)C1([C@@H]3CC[C@H]4c5c3ccc(O)c5OC[C@@H]4CCO)CCNCC1)OC(C)=O)C2. The number of carbonyl (C=O) groups is 3. The quantitative estimate of drug-likeness (QED) is 0.0821. The van der Waals surface area contributed by atoms with Crippen molar-refractivity contribution in [1.82, 2.24) is 16.0 Å². The molecule has 1 aromatic rings. The highest BCUT2D eigenvalue weighted by molar-refractivity contribution is 8.77. The number of ether oxygens (including phenoxy) is 3. The fraction of sp³-hybridized carbons (Fsp3) is 0.771. The number of aliphatic hydroxyl groups is 3. The van der Waals surface area contributed by atoms with Gasteiger partial charge in [-0.05, 0) is 133 Å². The molecule has 3 saturated heterocycles.